The molecule has 1 aromatic rings. The minimum atomic E-state index is 0.627. The van der Waals surface area contributed by atoms with Gasteiger partial charge in [0, 0.05) is 12.6 Å². The average molecular weight is 265 g/mol. The summed E-state index contributed by atoms with van der Waals surface area (Å²) in [4.78, 5) is 6.95. The summed E-state index contributed by atoms with van der Waals surface area (Å²) in [5, 5.41) is 4.31. The number of aromatic nitrogens is 3. The summed E-state index contributed by atoms with van der Waals surface area (Å²) in [5.74, 6) is 1.74. The van der Waals surface area contributed by atoms with Gasteiger partial charge in [0.2, 0.25) is 0 Å². The van der Waals surface area contributed by atoms with Crippen molar-refractivity contribution in [2.75, 3.05) is 13.1 Å². The fourth-order valence-electron chi connectivity index (χ4n) is 3.23. The van der Waals surface area contributed by atoms with Crippen molar-refractivity contribution in [1.82, 2.24) is 19.7 Å². The lowest BCUT2D eigenvalue weighted by atomic mass is 10.0. The van der Waals surface area contributed by atoms with Gasteiger partial charge in [-0.05, 0) is 38.3 Å². The maximum absolute atomic E-state index is 5.91. The SMILES string of the molecule is CCCn1ncnc1CN(CC)C1CCCC1CN. The summed E-state index contributed by atoms with van der Waals surface area (Å²) in [5.41, 5.74) is 5.91. The monoisotopic (exact) mass is 265 g/mol. The third-order valence-electron chi connectivity index (χ3n) is 4.27. The molecule has 2 N–H and O–H groups in total. The summed E-state index contributed by atoms with van der Waals surface area (Å²) in [6, 6.07) is 0.627. The molecule has 5 nitrogen and oxygen atoms in total. The van der Waals surface area contributed by atoms with E-state index in [9.17, 15) is 0 Å². The van der Waals surface area contributed by atoms with Gasteiger partial charge in [-0.25, -0.2) is 9.67 Å². The Bertz CT molecular complexity index is 376. The van der Waals surface area contributed by atoms with E-state index in [0.717, 1.165) is 38.4 Å². The molecule has 2 unspecified atom stereocenters. The molecule has 1 saturated carbocycles. The predicted octanol–water partition coefficient (Wildman–Crippen LogP) is 1.64. The Balaban J connectivity index is 2.03. The first-order chi connectivity index (χ1) is 9.30. The molecular weight excluding hydrogens is 238 g/mol. The third-order valence-corrected chi connectivity index (χ3v) is 4.27. The van der Waals surface area contributed by atoms with E-state index in [4.69, 9.17) is 5.73 Å². The summed E-state index contributed by atoms with van der Waals surface area (Å²) in [6.07, 6.45) is 6.63. The first-order valence-electron chi connectivity index (χ1n) is 7.60. The molecule has 1 aromatic heterocycles. The second-order valence-electron chi connectivity index (χ2n) is 5.46. The molecule has 1 fully saturated rings. The van der Waals surface area contributed by atoms with Crippen molar-refractivity contribution in [1.29, 1.82) is 0 Å². The average Bonchev–Trinajstić information content (AvgIpc) is 3.05. The smallest absolute Gasteiger partial charge is 0.141 e. The van der Waals surface area contributed by atoms with Crippen LogP contribution in [0, 0.1) is 5.92 Å². The van der Waals surface area contributed by atoms with Crippen LogP contribution in [0.5, 0.6) is 0 Å². The van der Waals surface area contributed by atoms with Crippen molar-refractivity contribution in [3.05, 3.63) is 12.2 Å². The lowest BCUT2D eigenvalue weighted by Gasteiger charge is -2.31. The Kier molecular flexibility index (Phi) is 5.34. The topological polar surface area (TPSA) is 60.0 Å². The van der Waals surface area contributed by atoms with Gasteiger partial charge in [-0.3, -0.25) is 4.90 Å². The lowest BCUT2D eigenvalue weighted by molar-refractivity contribution is 0.155. The molecule has 5 heteroatoms. The first-order valence-corrected chi connectivity index (χ1v) is 7.60. The van der Waals surface area contributed by atoms with Gasteiger partial charge in [-0.1, -0.05) is 20.3 Å². The van der Waals surface area contributed by atoms with Crippen LogP contribution in [-0.4, -0.2) is 38.8 Å². The Morgan fingerprint density at radius 3 is 2.95 bits per heavy atom. The highest BCUT2D eigenvalue weighted by atomic mass is 15.3. The largest absolute Gasteiger partial charge is 0.330 e. The molecule has 1 aliphatic carbocycles. The molecule has 1 heterocycles. The second-order valence-corrected chi connectivity index (χ2v) is 5.46. The third kappa shape index (κ3) is 3.34. The molecule has 0 saturated heterocycles. The van der Waals surface area contributed by atoms with Crippen LogP contribution in [0.4, 0.5) is 0 Å². The van der Waals surface area contributed by atoms with Crippen LogP contribution in [0.15, 0.2) is 6.33 Å². The number of hydrogen-bond donors (Lipinski definition) is 1. The van der Waals surface area contributed by atoms with Crippen molar-refractivity contribution < 1.29 is 0 Å². The molecule has 108 valence electrons. The molecular formula is C14H27N5. The molecule has 0 spiro atoms. The zero-order valence-corrected chi connectivity index (χ0v) is 12.3. The van der Waals surface area contributed by atoms with Crippen molar-refractivity contribution in [2.45, 2.75) is 58.7 Å². The number of nitrogens with zero attached hydrogens (tertiary/aromatic N) is 4. The maximum Gasteiger partial charge on any atom is 0.141 e. The van der Waals surface area contributed by atoms with Gasteiger partial charge in [0.25, 0.3) is 0 Å². The van der Waals surface area contributed by atoms with Gasteiger partial charge in [0.15, 0.2) is 0 Å². The molecule has 0 amide bonds. The Hall–Kier alpha value is -0.940. The minimum absolute atomic E-state index is 0.627. The van der Waals surface area contributed by atoms with E-state index in [-0.39, 0.29) is 0 Å². The van der Waals surface area contributed by atoms with Crippen LogP contribution in [0.2, 0.25) is 0 Å². The molecule has 2 atom stereocenters. The van der Waals surface area contributed by atoms with Crippen molar-refractivity contribution in [3.8, 4) is 0 Å². The number of hydrogen-bond acceptors (Lipinski definition) is 4. The van der Waals surface area contributed by atoms with E-state index in [0.29, 0.717) is 12.0 Å². The van der Waals surface area contributed by atoms with E-state index in [1.807, 2.05) is 4.68 Å². The highest BCUT2D eigenvalue weighted by Crippen LogP contribution is 2.29. The highest BCUT2D eigenvalue weighted by Gasteiger charge is 2.30. The van der Waals surface area contributed by atoms with Crippen molar-refractivity contribution >= 4 is 0 Å². The fourth-order valence-corrected chi connectivity index (χ4v) is 3.23. The van der Waals surface area contributed by atoms with Crippen LogP contribution >= 0.6 is 0 Å². The van der Waals surface area contributed by atoms with E-state index in [1.54, 1.807) is 6.33 Å². The maximum atomic E-state index is 5.91. The zero-order chi connectivity index (χ0) is 13.7. The first kappa shape index (κ1) is 14.5. The van der Waals surface area contributed by atoms with Crippen LogP contribution < -0.4 is 5.73 Å². The summed E-state index contributed by atoms with van der Waals surface area (Å²) in [7, 11) is 0. The van der Waals surface area contributed by atoms with E-state index >= 15 is 0 Å². The lowest BCUT2D eigenvalue weighted by Crippen LogP contribution is -2.40. The molecule has 0 radical (unpaired) electrons. The number of rotatable bonds is 7. The van der Waals surface area contributed by atoms with Gasteiger partial charge in [-0.15, -0.1) is 0 Å². The van der Waals surface area contributed by atoms with E-state index < -0.39 is 0 Å². The molecule has 19 heavy (non-hydrogen) atoms. The molecule has 0 bridgehead atoms. The molecule has 1 aliphatic rings. The van der Waals surface area contributed by atoms with Gasteiger partial charge >= 0.3 is 0 Å². The van der Waals surface area contributed by atoms with Crippen LogP contribution in [0.1, 0.15) is 45.4 Å². The van der Waals surface area contributed by atoms with Crippen molar-refractivity contribution in [3.63, 3.8) is 0 Å². The van der Waals surface area contributed by atoms with Gasteiger partial charge in [-0.2, -0.15) is 5.10 Å². The van der Waals surface area contributed by atoms with Gasteiger partial charge in [0.1, 0.15) is 12.2 Å². The summed E-state index contributed by atoms with van der Waals surface area (Å²) >= 11 is 0. The van der Waals surface area contributed by atoms with Crippen LogP contribution in [0.3, 0.4) is 0 Å². The summed E-state index contributed by atoms with van der Waals surface area (Å²) < 4.78 is 2.04. The van der Waals surface area contributed by atoms with E-state index in [2.05, 4.69) is 28.8 Å². The summed E-state index contributed by atoms with van der Waals surface area (Å²) in [6.45, 7) is 8.12. The normalized spacial score (nSPS) is 23.4. The second kappa shape index (κ2) is 7.01. The van der Waals surface area contributed by atoms with Gasteiger partial charge < -0.3 is 5.73 Å². The quantitative estimate of drug-likeness (QED) is 0.814. The Labute approximate surface area is 116 Å². The molecule has 2 rings (SSSR count). The highest BCUT2D eigenvalue weighted by molar-refractivity contribution is 4.91. The van der Waals surface area contributed by atoms with Crippen molar-refractivity contribution in [2.24, 2.45) is 11.7 Å². The van der Waals surface area contributed by atoms with Crippen LogP contribution in [0.25, 0.3) is 0 Å². The predicted molar refractivity (Wildman–Crippen MR) is 76.6 cm³/mol. The number of nitrogens with two attached hydrogens (primary N) is 1. The minimum Gasteiger partial charge on any atom is -0.330 e. The fraction of sp³-hybridized carbons (Fsp3) is 0.857. The molecule has 0 aromatic carbocycles. The Morgan fingerprint density at radius 1 is 1.42 bits per heavy atom. The zero-order valence-electron chi connectivity index (χ0n) is 12.3. The van der Waals surface area contributed by atoms with Gasteiger partial charge in [0.05, 0.1) is 6.54 Å². The standard InChI is InChI=1S/C14H27N5/c1-3-8-19-14(16-11-17-19)10-18(4-2)13-7-5-6-12(13)9-15/h11-13H,3-10,15H2,1-2H3. The number of aryl methyl sites for hydroxylation is 1. The molecule has 0 aliphatic heterocycles. The van der Waals surface area contributed by atoms with E-state index in [1.165, 1.54) is 19.3 Å². The Morgan fingerprint density at radius 2 is 2.26 bits per heavy atom. The van der Waals surface area contributed by atoms with Crippen LogP contribution in [-0.2, 0) is 13.1 Å².